The maximum absolute atomic E-state index is 12.6. The van der Waals surface area contributed by atoms with Crippen LogP contribution in [-0.2, 0) is 9.59 Å². The summed E-state index contributed by atoms with van der Waals surface area (Å²) in [4.78, 5) is 40.0. The Hall–Kier alpha value is -2.02. The molecule has 3 saturated heterocycles. The van der Waals surface area contributed by atoms with Gasteiger partial charge in [0, 0.05) is 57.0 Å². The summed E-state index contributed by atoms with van der Waals surface area (Å²) in [5, 5.41) is 0. The van der Waals surface area contributed by atoms with E-state index in [4.69, 9.17) is 0 Å². The van der Waals surface area contributed by atoms with Crippen LogP contribution in [-0.4, -0.2) is 70.9 Å². The topological polar surface area (TPSA) is 69.6 Å². The van der Waals surface area contributed by atoms with E-state index in [-0.39, 0.29) is 23.7 Å². The summed E-state index contributed by atoms with van der Waals surface area (Å²) in [5.41, 5.74) is 0. The highest BCUT2D eigenvalue weighted by atomic mass is 16.2. The second-order valence-electron chi connectivity index (χ2n) is 7.96. The molecule has 0 aromatic carbocycles. The molecule has 5 rings (SSSR count). The van der Waals surface area contributed by atoms with Crippen LogP contribution in [0.25, 0.3) is 0 Å². The number of anilines is 1. The van der Waals surface area contributed by atoms with Crippen LogP contribution in [0, 0.1) is 11.8 Å². The molecular formula is C20H29N5O2. The largest absolute Gasteiger partial charge is 0.338 e. The van der Waals surface area contributed by atoms with Gasteiger partial charge in [-0.05, 0) is 51.1 Å². The SMILES string of the molecule is O=C1C2CCC(CC2)C(=O)N1CCCCN1CCN(c2ncccn2)CC1. The number of amides is 2. The van der Waals surface area contributed by atoms with E-state index in [1.54, 1.807) is 17.3 Å². The molecule has 1 aromatic rings. The fourth-order valence-electron chi connectivity index (χ4n) is 4.59. The molecule has 0 atom stereocenters. The van der Waals surface area contributed by atoms with Crippen molar-refractivity contribution in [3.8, 4) is 0 Å². The lowest BCUT2D eigenvalue weighted by Crippen LogP contribution is -2.47. The number of fused-ring (bicyclic) bond motifs is 4. The Morgan fingerprint density at radius 3 is 1.96 bits per heavy atom. The van der Waals surface area contributed by atoms with Crippen molar-refractivity contribution in [1.29, 1.82) is 0 Å². The molecular weight excluding hydrogens is 342 g/mol. The van der Waals surface area contributed by atoms with E-state index >= 15 is 0 Å². The number of aromatic nitrogens is 2. The number of piperazine rings is 1. The molecule has 1 saturated carbocycles. The van der Waals surface area contributed by atoms with Crippen LogP contribution in [0.3, 0.4) is 0 Å². The van der Waals surface area contributed by atoms with E-state index in [1.165, 1.54) is 0 Å². The highest BCUT2D eigenvalue weighted by Gasteiger charge is 2.40. The maximum Gasteiger partial charge on any atom is 0.232 e. The molecule has 0 N–H and O–H groups in total. The smallest absolute Gasteiger partial charge is 0.232 e. The number of nitrogens with zero attached hydrogens (tertiary/aromatic N) is 5. The molecule has 0 unspecified atom stereocenters. The van der Waals surface area contributed by atoms with Gasteiger partial charge in [-0.15, -0.1) is 0 Å². The second kappa shape index (κ2) is 8.33. The number of hydrogen-bond acceptors (Lipinski definition) is 6. The van der Waals surface area contributed by atoms with Crippen molar-refractivity contribution in [3.63, 3.8) is 0 Å². The number of imide groups is 1. The fourth-order valence-corrected chi connectivity index (χ4v) is 4.59. The molecule has 7 heteroatoms. The minimum Gasteiger partial charge on any atom is -0.338 e. The molecule has 7 nitrogen and oxygen atoms in total. The molecule has 146 valence electrons. The summed E-state index contributed by atoms with van der Waals surface area (Å²) in [6.07, 6.45) is 9.11. The molecule has 3 aliphatic heterocycles. The first-order valence-corrected chi connectivity index (χ1v) is 10.3. The lowest BCUT2D eigenvalue weighted by atomic mass is 9.84. The van der Waals surface area contributed by atoms with E-state index in [0.717, 1.165) is 77.2 Å². The lowest BCUT2D eigenvalue weighted by molar-refractivity contribution is -0.146. The van der Waals surface area contributed by atoms with Gasteiger partial charge in [0.1, 0.15) is 0 Å². The Morgan fingerprint density at radius 2 is 1.37 bits per heavy atom. The predicted molar refractivity (Wildman–Crippen MR) is 102 cm³/mol. The van der Waals surface area contributed by atoms with Gasteiger partial charge in [-0.25, -0.2) is 9.97 Å². The third-order valence-corrected chi connectivity index (χ3v) is 6.27. The molecule has 27 heavy (non-hydrogen) atoms. The zero-order chi connectivity index (χ0) is 18.6. The molecule has 1 aromatic heterocycles. The van der Waals surface area contributed by atoms with Gasteiger partial charge in [0.25, 0.3) is 0 Å². The van der Waals surface area contributed by atoms with Gasteiger partial charge in [-0.3, -0.25) is 19.4 Å². The van der Waals surface area contributed by atoms with Crippen LogP contribution in [0.15, 0.2) is 18.5 Å². The molecule has 2 bridgehead atoms. The van der Waals surface area contributed by atoms with Crippen molar-refractivity contribution in [3.05, 3.63) is 18.5 Å². The summed E-state index contributed by atoms with van der Waals surface area (Å²) < 4.78 is 0. The Labute approximate surface area is 160 Å². The zero-order valence-corrected chi connectivity index (χ0v) is 15.9. The third-order valence-electron chi connectivity index (χ3n) is 6.27. The van der Waals surface area contributed by atoms with Crippen LogP contribution in [0.5, 0.6) is 0 Å². The van der Waals surface area contributed by atoms with Gasteiger partial charge in [0.2, 0.25) is 17.8 Å². The molecule has 1 aliphatic carbocycles. The van der Waals surface area contributed by atoms with E-state index in [1.807, 2.05) is 6.07 Å². The predicted octanol–water partition coefficient (Wildman–Crippen LogP) is 1.55. The number of rotatable bonds is 6. The van der Waals surface area contributed by atoms with E-state index < -0.39 is 0 Å². The maximum atomic E-state index is 12.6. The van der Waals surface area contributed by atoms with E-state index in [0.29, 0.717) is 6.54 Å². The average molecular weight is 371 g/mol. The average Bonchev–Trinajstić information content (AvgIpc) is 2.91. The third kappa shape index (κ3) is 4.13. The van der Waals surface area contributed by atoms with Gasteiger partial charge in [-0.1, -0.05) is 0 Å². The zero-order valence-electron chi connectivity index (χ0n) is 15.9. The van der Waals surface area contributed by atoms with Crippen LogP contribution < -0.4 is 4.90 Å². The summed E-state index contributed by atoms with van der Waals surface area (Å²) in [6.45, 7) is 5.51. The summed E-state index contributed by atoms with van der Waals surface area (Å²) in [5.74, 6) is 1.19. The number of hydrogen-bond donors (Lipinski definition) is 0. The van der Waals surface area contributed by atoms with Gasteiger partial charge in [0.15, 0.2) is 0 Å². The molecule has 0 radical (unpaired) electrons. The van der Waals surface area contributed by atoms with Gasteiger partial charge in [0.05, 0.1) is 0 Å². The highest BCUT2D eigenvalue weighted by molar-refractivity contribution is 5.99. The first-order valence-electron chi connectivity index (χ1n) is 10.3. The molecule has 0 spiro atoms. The first kappa shape index (κ1) is 18.3. The van der Waals surface area contributed by atoms with Crippen molar-refractivity contribution in [2.75, 3.05) is 44.2 Å². The standard InChI is InChI=1S/C20H29N5O2/c26-18-16-4-5-17(7-6-16)19(27)25(18)11-2-1-10-23-12-14-24(15-13-23)20-21-8-3-9-22-20/h3,8-9,16-17H,1-2,4-7,10-15H2. The normalized spacial score (nSPS) is 26.5. The minimum absolute atomic E-state index is 0.0940. The second-order valence-corrected chi connectivity index (χ2v) is 7.96. The van der Waals surface area contributed by atoms with E-state index in [2.05, 4.69) is 19.8 Å². The van der Waals surface area contributed by atoms with Crippen LogP contribution in [0.4, 0.5) is 5.95 Å². The monoisotopic (exact) mass is 371 g/mol. The van der Waals surface area contributed by atoms with Crippen LogP contribution >= 0.6 is 0 Å². The lowest BCUT2D eigenvalue weighted by Gasteiger charge is -2.34. The molecule has 4 aliphatic rings. The van der Waals surface area contributed by atoms with Crippen molar-refractivity contribution in [2.45, 2.75) is 38.5 Å². The first-order chi connectivity index (χ1) is 13.2. The highest BCUT2D eigenvalue weighted by Crippen LogP contribution is 2.35. The van der Waals surface area contributed by atoms with Crippen molar-refractivity contribution < 1.29 is 9.59 Å². The number of carbonyl (C=O) groups is 2. The Bertz CT molecular complexity index is 628. The number of carbonyl (C=O) groups excluding carboxylic acids is 2. The quantitative estimate of drug-likeness (QED) is 0.558. The Morgan fingerprint density at radius 1 is 0.815 bits per heavy atom. The van der Waals surface area contributed by atoms with Crippen LogP contribution in [0.2, 0.25) is 0 Å². The van der Waals surface area contributed by atoms with Gasteiger partial charge >= 0.3 is 0 Å². The molecule has 4 heterocycles. The minimum atomic E-state index is 0.0940. The van der Waals surface area contributed by atoms with Crippen molar-refractivity contribution in [1.82, 2.24) is 19.8 Å². The van der Waals surface area contributed by atoms with E-state index in [9.17, 15) is 9.59 Å². The summed E-state index contributed by atoms with van der Waals surface area (Å²) in [6, 6.07) is 1.84. The van der Waals surface area contributed by atoms with Crippen LogP contribution in [0.1, 0.15) is 38.5 Å². The fraction of sp³-hybridized carbons (Fsp3) is 0.700. The van der Waals surface area contributed by atoms with Gasteiger partial charge in [-0.2, -0.15) is 0 Å². The molecule has 4 fully saturated rings. The molecule has 2 amide bonds. The van der Waals surface area contributed by atoms with Crippen molar-refractivity contribution >= 4 is 17.8 Å². The summed E-state index contributed by atoms with van der Waals surface area (Å²) in [7, 11) is 0. The Kier molecular flexibility index (Phi) is 5.66. The van der Waals surface area contributed by atoms with Gasteiger partial charge < -0.3 is 4.90 Å². The summed E-state index contributed by atoms with van der Waals surface area (Å²) >= 11 is 0. The Balaban J connectivity index is 1.19. The number of unbranched alkanes of at least 4 members (excludes halogenated alkanes) is 1. The van der Waals surface area contributed by atoms with Crippen molar-refractivity contribution in [2.24, 2.45) is 11.8 Å².